The number of ether oxygens (including phenoxy) is 1. The summed E-state index contributed by atoms with van der Waals surface area (Å²) in [6.45, 7) is 11.2. The van der Waals surface area contributed by atoms with E-state index in [1.165, 1.54) is 10.6 Å². The van der Waals surface area contributed by atoms with Crippen LogP contribution in [-0.2, 0) is 6.54 Å². The molecule has 1 saturated heterocycles. The third kappa shape index (κ3) is 6.34. The lowest BCUT2D eigenvalue weighted by molar-refractivity contribution is 0.255. The second kappa shape index (κ2) is 11.2. The van der Waals surface area contributed by atoms with Gasteiger partial charge in [0.2, 0.25) is 0 Å². The van der Waals surface area contributed by atoms with Crippen LogP contribution in [0.5, 0.6) is 5.75 Å². The zero-order chi connectivity index (χ0) is 21.3. The molecule has 7 nitrogen and oxygen atoms in total. The van der Waals surface area contributed by atoms with Crippen molar-refractivity contribution in [3.8, 4) is 5.75 Å². The Hall–Kier alpha value is -2.32. The van der Waals surface area contributed by atoms with Crippen molar-refractivity contribution in [3.63, 3.8) is 0 Å². The first kappa shape index (κ1) is 22.4. The number of thiazole rings is 1. The van der Waals surface area contributed by atoms with Gasteiger partial charge in [-0.25, -0.2) is 4.98 Å². The summed E-state index contributed by atoms with van der Waals surface area (Å²) >= 11 is 1.74. The van der Waals surface area contributed by atoms with Crippen molar-refractivity contribution >= 4 is 23.0 Å². The normalized spacial score (nSPS) is 15.3. The smallest absolute Gasteiger partial charge is 0.191 e. The number of piperazine rings is 1. The highest BCUT2D eigenvalue weighted by Gasteiger charge is 2.16. The molecule has 1 aromatic carbocycles. The Morgan fingerprint density at radius 2 is 1.87 bits per heavy atom. The van der Waals surface area contributed by atoms with Gasteiger partial charge in [0.05, 0.1) is 19.3 Å². The Kier molecular flexibility index (Phi) is 8.33. The maximum Gasteiger partial charge on any atom is 0.191 e. The highest BCUT2D eigenvalue weighted by Crippen LogP contribution is 2.20. The summed E-state index contributed by atoms with van der Waals surface area (Å²) in [6.07, 6.45) is 1.10. The zero-order valence-electron chi connectivity index (χ0n) is 18.6. The first-order chi connectivity index (χ1) is 14.6. The van der Waals surface area contributed by atoms with E-state index in [0.29, 0.717) is 6.54 Å². The van der Waals surface area contributed by atoms with Gasteiger partial charge in [0.25, 0.3) is 0 Å². The number of hydrogen-bond acceptors (Lipinski definition) is 6. The average molecular weight is 431 g/mol. The second-order valence-electron chi connectivity index (χ2n) is 7.48. The topological polar surface area (TPSA) is 65.0 Å². The fourth-order valence-electron chi connectivity index (χ4n) is 3.53. The highest BCUT2D eigenvalue weighted by atomic mass is 32.1. The Morgan fingerprint density at radius 3 is 2.47 bits per heavy atom. The Labute approximate surface area is 184 Å². The van der Waals surface area contributed by atoms with E-state index in [1.807, 2.05) is 19.2 Å². The summed E-state index contributed by atoms with van der Waals surface area (Å²) in [5.74, 6) is 1.75. The van der Waals surface area contributed by atoms with Gasteiger partial charge in [0.1, 0.15) is 10.8 Å². The fourth-order valence-corrected chi connectivity index (χ4v) is 4.40. The minimum atomic E-state index is 0.715. The van der Waals surface area contributed by atoms with E-state index in [4.69, 9.17) is 4.74 Å². The summed E-state index contributed by atoms with van der Waals surface area (Å²) in [5, 5.41) is 7.87. The molecular formula is C22H34N6OS. The fraction of sp³-hybridized carbons (Fsp3) is 0.545. The monoisotopic (exact) mass is 430 g/mol. The molecule has 3 rings (SSSR count). The molecule has 1 fully saturated rings. The van der Waals surface area contributed by atoms with Crippen molar-refractivity contribution in [2.45, 2.75) is 26.8 Å². The third-order valence-corrected chi connectivity index (χ3v) is 6.53. The molecule has 2 N–H and O–H groups in total. The van der Waals surface area contributed by atoms with Crippen molar-refractivity contribution in [1.82, 2.24) is 20.5 Å². The summed E-state index contributed by atoms with van der Waals surface area (Å²) in [5.41, 5.74) is 2.39. The van der Waals surface area contributed by atoms with E-state index >= 15 is 0 Å². The van der Waals surface area contributed by atoms with Crippen LogP contribution in [0.2, 0.25) is 0 Å². The van der Waals surface area contributed by atoms with E-state index in [9.17, 15) is 0 Å². The number of aliphatic imine (C=N–C) groups is 1. The van der Waals surface area contributed by atoms with E-state index in [-0.39, 0.29) is 0 Å². The second-order valence-corrected chi connectivity index (χ2v) is 8.77. The number of nitrogens with one attached hydrogen (secondary N) is 2. The van der Waals surface area contributed by atoms with Crippen LogP contribution >= 0.6 is 11.3 Å². The predicted molar refractivity (Wildman–Crippen MR) is 126 cm³/mol. The first-order valence-corrected chi connectivity index (χ1v) is 11.4. The number of benzene rings is 1. The van der Waals surface area contributed by atoms with Gasteiger partial charge in [-0.1, -0.05) is 0 Å². The largest absolute Gasteiger partial charge is 0.497 e. The molecule has 0 atom stereocenters. The predicted octanol–water partition coefficient (Wildman–Crippen LogP) is 2.65. The number of guanidine groups is 1. The lowest BCUT2D eigenvalue weighted by Gasteiger charge is -2.36. The van der Waals surface area contributed by atoms with Gasteiger partial charge in [-0.05, 0) is 51.1 Å². The van der Waals surface area contributed by atoms with Crippen molar-refractivity contribution in [2.75, 3.05) is 58.3 Å². The van der Waals surface area contributed by atoms with Crippen LogP contribution in [0.15, 0.2) is 29.3 Å². The van der Waals surface area contributed by atoms with Crippen LogP contribution < -0.4 is 20.3 Å². The Balaban J connectivity index is 1.31. The number of nitrogens with zero attached hydrogens (tertiary/aromatic N) is 4. The lowest BCUT2D eigenvalue weighted by Crippen LogP contribution is -2.47. The lowest BCUT2D eigenvalue weighted by atomic mass is 10.2. The van der Waals surface area contributed by atoms with Gasteiger partial charge in [0.15, 0.2) is 5.96 Å². The highest BCUT2D eigenvalue weighted by molar-refractivity contribution is 7.11. The molecule has 0 spiro atoms. The van der Waals surface area contributed by atoms with E-state index < -0.39 is 0 Å². The van der Waals surface area contributed by atoms with Crippen LogP contribution in [0.1, 0.15) is 22.0 Å². The van der Waals surface area contributed by atoms with E-state index in [2.05, 4.69) is 56.4 Å². The van der Waals surface area contributed by atoms with Crippen LogP contribution in [0.25, 0.3) is 0 Å². The third-order valence-electron chi connectivity index (χ3n) is 5.46. The number of aromatic nitrogens is 1. The molecule has 30 heavy (non-hydrogen) atoms. The van der Waals surface area contributed by atoms with Crippen LogP contribution in [0, 0.1) is 13.8 Å². The summed E-state index contributed by atoms with van der Waals surface area (Å²) in [7, 11) is 3.52. The maximum absolute atomic E-state index is 5.25. The molecule has 0 radical (unpaired) electrons. The molecule has 1 aliphatic rings. The van der Waals surface area contributed by atoms with Gasteiger partial charge in [-0.15, -0.1) is 11.3 Å². The van der Waals surface area contributed by atoms with Crippen molar-refractivity contribution < 1.29 is 4.74 Å². The standard InChI is InChI=1S/C22H34N6OS/c1-17-18(2)30-21(26-17)16-25-22(23-3)24-10-5-11-27-12-14-28(15-13-27)19-6-8-20(29-4)9-7-19/h6-9H,5,10-16H2,1-4H3,(H2,23,24,25). The maximum atomic E-state index is 5.25. The Bertz CT molecular complexity index is 792. The number of aryl methyl sites for hydroxylation is 2. The van der Waals surface area contributed by atoms with Gasteiger partial charge >= 0.3 is 0 Å². The van der Waals surface area contributed by atoms with Gasteiger partial charge in [-0.3, -0.25) is 9.89 Å². The molecule has 0 amide bonds. The minimum absolute atomic E-state index is 0.715. The van der Waals surface area contributed by atoms with E-state index in [1.54, 1.807) is 18.4 Å². The van der Waals surface area contributed by atoms with Crippen molar-refractivity contribution in [2.24, 2.45) is 4.99 Å². The zero-order valence-corrected chi connectivity index (χ0v) is 19.4. The number of hydrogen-bond donors (Lipinski definition) is 2. The molecule has 0 aliphatic carbocycles. The van der Waals surface area contributed by atoms with Crippen LogP contribution in [-0.4, -0.2) is 69.3 Å². The number of rotatable bonds is 8. The van der Waals surface area contributed by atoms with Gasteiger partial charge in [-0.2, -0.15) is 0 Å². The summed E-state index contributed by atoms with van der Waals surface area (Å²) < 4.78 is 5.25. The molecule has 1 aromatic heterocycles. The van der Waals surface area contributed by atoms with Crippen molar-refractivity contribution in [3.05, 3.63) is 39.8 Å². The average Bonchev–Trinajstić information content (AvgIpc) is 3.11. The minimum Gasteiger partial charge on any atom is -0.497 e. The van der Waals surface area contributed by atoms with Gasteiger partial charge in [0, 0.05) is 50.3 Å². The SMILES string of the molecule is CN=C(NCCCN1CCN(c2ccc(OC)cc2)CC1)NCc1nc(C)c(C)s1. The molecule has 0 bridgehead atoms. The molecule has 0 unspecified atom stereocenters. The van der Waals surface area contributed by atoms with Crippen LogP contribution in [0.4, 0.5) is 5.69 Å². The number of methoxy groups -OCH3 is 1. The Morgan fingerprint density at radius 1 is 1.13 bits per heavy atom. The molecule has 164 valence electrons. The summed E-state index contributed by atoms with van der Waals surface area (Å²) in [6, 6.07) is 8.35. The molecule has 0 saturated carbocycles. The molecule has 2 heterocycles. The van der Waals surface area contributed by atoms with Crippen molar-refractivity contribution in [1.29, 1.82) is 0 Å². The molecular weight excluding hydrogens is 396 g/mol. The first-order valence-electron chi connectivity index (χ1n) is 10.6. The number of anilines is 1. The van der Waals surface area contributed by atoms with E-state index in [0.717, 1.165) is 68.1 Å². The summed E-state index contributed by atoms with van der Waals surface area (Å²) in [4.78, 5) is 15.1. The van der Waals surface area contributed by atoms with Gasteiger partial charge < -0.3 is 20.3 Å². The molecule has 8 heteroatoms. The van der Waals surface area contributed by atoms with Crippen LogP contribution in [0.3, 0.4) is 0 Å². The molecule has 1 aliphatic heterocycles. The quantitative estimate of drug-likeness (QED) is 0.381. The molecule has 2 aromatic rings.